The number of ether oxygens (including phenoxy) is 1. The molecular weight excluding hydrogens is 246 g/mol. The molecule has 96 valence electrons. The summed E-state index contributed by atoms with van der Waals surface area (Å²) in [5.74, 6) is 0.924. The Balaban J connectivity index is 2.24. The first-order valence-electron chi connectivity index (χ1n) is 6.04. The lowest BCUT2D eigenvalue weighted by Crippen LogP contribution is -1.93. The van der Waals surface area contributed by atoms with Crippen LogP contribution in [0.3, 0.4) is 0 Å². The third-order valence-electron chi connectivity index (χ3n) is 2.63. The molecule has 1 N–H and O–H groups in total. The van der Waals surface area contributed by atoms with E-state index in [0.717, 1.165) is 26.8 Å². The molecule has 1 aromatic heterocycles. The predicted octanol–water partition coefficient (Wildman–Crippen LogP) is 3.05. The van der Waals surface area contributed by atoms with Gasteiger partial charge in [0.15, 0.2) is 0 Å². The van der Waals surface area contributed by atoms with Crippen molar-refractivity contribution in [3.8, 4) is 16.3 Å². The maximum absolute atomic E-state index is 8.90. The van der Waals surface area contributed by atoms with Crippen molar-refractivity contribution in [1.82, 2.24) is 4.98 Å². The van der Waals surface area contributed by atoms with Gasteiger partial charge in [0.05, 0.1) is 6.61 Å². The van der Waals surface area contributed by atoms with E-state index in [1.54, 1.807) is 11.3 Å². The molecule has 18 heavy (non-hydrogen) atoms. The van der Waals surface area contributed by atoms with Gasteiger partial charge in [-0.2, -0.15) is 0 Å². The van der Waals surface area contributed by atoms with Crippen LogP contribution in [0.25, 0.3) is 10.6 Å². The summed E-state index contributed by atoms with van der Waals surface area (Å²) in [7, 11) is 0. The van der Waals surface area contributed by atoms with Gasteiger partial charge in [0.1, 0.15) is 10.8 Å². The largest absolute Gasteiger partial charge is 0.494 e. The molecule has 4 heteroatoms. The summed E-state index contributed by atoms with van der Waals surface area (Å²) in [6.07, 6.45) is 2.51. The lowest BCUT2D eigenvalue weighted by molar-refractivity contribution is 0.300. The zero-order valence-corrected chi connectivity index (χ0v) is 11.5. The van der Waals surface area contributed by atoms with Gasteiger partial charge in [0.25, 0.3) is 0 Å². The number of hydrogen-bond donors (Lipinski definition) is 1. The zero-order chi connectivity index (χ0) is 13.0. The van der Waals surface area contributed by atoms with Crippen LogP contribution in [0.5, 0.6) is 5.75 Å². The van der Waals surface area contributed by atoms with Gasteiger partial charge in [0.2, 0.25) is 0 Å². The quantitative estimate of drug-likeness (QED) is 0.901. The number of benzene rings is 1. The second kappa shape index (κ2) is 5.98. The summed E-state index contributed by atoms with van der Waals surface area (Å²) in [6.45, 7) is 4.87. The number of hydrogen-bond acceptors (Lipinski definition) is 4. The summed E-state index contributed by atoms with van der Waals surface area (Å²) < 4.78 is 5.52. The highest BCUT2D eigenvalue weighted by molar-refractivity contribution is 7.15. The second-order valence-electron chi connectivity index (χ2n) is 4.02. The number of nitrogens with zero attached hydrogens (tertiary/aromatic N) is 1. The zero-order valence-electron chi connectivity index (χ0n) is 10.6. The SMILES string of the molecule is CCOc1ccc(-c2ncc(CCO)s2)cc1C. The standard InChI is InChI=1S/C14H17NO2S/c1-3-17-13-5-4-11(8-10(13)2)14-15-9-12(18-14)6-7-16/h4-5,8-9,16H,3,6-7H2,1-2H3. The summed E-state index contributed by atoms with van der Waals surface area (Å²) in [5.41, 5.74) is 2.22. The Morgan fingerprint density at radius 2 is 2.22 bits per heavy atom. The fraction of sp³-hybridized carbons (Fsp3) is 0.357. The molecule has 2 aromatic rings. The van der Waals surface area contributed by atoms with E-state index in [-0.39, 0.29) is 6.61 Å². The van der Waals surface area contributed by atoms with Crippen LogP contribution in [0.2, 0.25) is 0 Å². The van der Waals surface area contributed by atoms with Crippen molar-refractivity contribution in [2.75, 3.05) is 13.2 Å². The molecule has 0 spiro atoms. The fourth-order valence-electron chi connectivity index (χ4n) is 1.77. The monoisotopic (exact) mass is 263 g/mol. The molecule has 3 nitrogen and oxygen atoms in total. The van der Waals surface area contributed by atoms with E-state index in [1.165, 1.54) is 0 Å². The predicted molar refractivity (Wildman–Crippen MR) is 74.2 cm³/mol. The second-order valence-corrected chi connectivity index (χ2v) is 5.13. The van der Waals surface area contributed by atoms with Crippen molar-refractivity contribution >= 4 is 11.3 Å². The molecule has 0 radical (unpaired) electrons. The van der Waals surface area contributed by atoms with Crippen LogP contribution < -0.4 is 4.74 Å². The summed E-state index contributed by atoms with van der Waals surface area (Å²) in [6, 6.07) is 6.10. The van der Waals surface area contributed by atoms with Gasteiger partial charge >= 0.3 is 0 Å². The minimum atomic E-state index is 0.171. The molecule has 0 saturated carbocycles. The summed E-state index contributed by atoms with van der Waals surface area (Å²) in [5, 5.41) is 9.89. The molecule has 0 aliphatic carbocycles. The molecular formula is C14H17NO2S. The Labute approximate surface area is 111 Å². The molecule has 0 aliphatic heterocycles. The van der Waals surface area contributed by atoms with E-state index < -0.39 is 0 Å². The third-order valence-corrected chi connectivity index (χ3v) is 3.74. The molecule has 0 amide bonds. The normalized spacial score (nSPS) is 10.6. The van der Waals surface area contributed by atoms with Gasteiger partial charge in [-0.3, -0.25) is 0 Å². The maximum Gasteiger partial charge on any atom is 0.123 e. The van der Waals surface area contributed by atoms with Crippen molar-refractivity contribution in [2.24, 2.45) is 0 Å². The van der Waals surface area contributed by atoms with Gasteiger partial charge in [-0.15, -0.1) is 11.3 Å². The highest BCUT2D eigenvalue weighted by atomic mass is 32.1. The lowest BCUT2D eigenvalue weighted by Gasteiger charge is -2.07. The molecule has 0 fully saturated rings. The van der Waals surface area contributed by atoms with Crippen LogP contribution >= 0.6 is 11.3 Å². The molecule has 2 rings (SSSR count). The van der Waals surface area contributed by atoms with Gasteiger partial charge in [-0.05, 0) is 37.6 Å². The average molecular weight is 263 g/mol. The number of thiazole rings is 1. The molecule has 1 heterocycles. The minimum Gasteiger partial charge on any atom is -0.494 e. The lowest BCUT2D eigenvalue weighted by atomic mass is 10.1. The van der Waals surface area contributed by atoms with Crippen LogP contribution in [-0.4, -0.2) is 23.3 Å². The van der Waals surface area contributed by atoms with Crippen LogP contribution in [0.15, 0.2) is 24.4 Å². The van der Waals surface area contributed by atoms with Gasteiger partial charge < -0.3 is 9.84 Å². The van der Waals surface area contributed by atoms with E-state index >= 15 is 0 Å². The Morgan fingerprint density at radius 3 is 2.89 bits per heavy atom. The molecule has 0 atom stereocenters. The number of aryl methyl sites for hydroxylation is 1. The molecule has 0 saturated heterocycles. The maximum atomic E-state index is 8.90. The Kier molecular flexibility index (Phi) is 4.33. The van der Waals surface area contributed by atoms with E-state index in [1.807, 2.05) is 32.2 Å². The molecule has 0 bridgehead atoms. The van der Waals surface area contributed by atoms with Crippen molar-refractivity contribution in [3.05, 3.63) is 34.8 Å². The highest BCUT2D eigenvalue weighted by Crippen LogP contribution is 2.29. The Bertz CT molecular complexity index is 522. The van der Waals surface area contributed by atoms with E-state index in [9.17, 15) is 0 Å². The first-order valence-corrected chi connectivity index (χ1v) is 6.85. The molecule has 1 aromatic carbocycles. The highest BCUT2D eigenvalue weighted by Gasteiger charge is 2.07. The van der Waals surface area contributed by atoms with E-state index in [4.69, 9.17) is 9.84 Å². The third kappa shape index (κ3) is 2.89. The average Bonchev–Trinajstić information content (AvgIpc) is 2.81. The van der Waals surface area contributed by atoms with Gasteiger partial charge in [0, 0.05) is 29.7 Å². The topological polar surface area (TPSA) is 42.4 Å². The Morgan fingerprint density at radius 1 is 1.39 bits per heavy atom. The van der Waals surface area contributed by atoms with Gasteiger partial charge in [-0.1, -0.05) is 0 Å². The summed E-state index contributed by atoms with van der Waals surface area (Å²) >= 11 is 1.63. The van der Waals surface area contributed by atoms with E-state index in [0.29, 0.717) is 13.0 Å². The number of aromatic nitrogens is 1. The van der Waals surface area contributed by atoms with Crippen LogP contribution in [0.4, 0.5) is 0 Å². The Hall–Kier alpha value is -1.39. The van der Waals surface area contributed by atoms with Crippen molar-refractivity contribution < 1.29 is 9.84 Å². The first kappa shape index (κ1) is 13.1. The fourth-order valence-corrected chi connectivity index (χ4v) is 2.66. The number of aliphatic hydroxyl groups is 1. The van der Waals surface area contributed by atoms with Crippen molar-refractivity contribution in [3.63, 3.8) is 0 Å². The van der Waals surface area contributed by atoms with Gasteiger partial charge in [-0.25, -0.2) is 4.98 Å². The van der Waals surface area contributed by atoms with Crippen molar-refractivity contribution in [1.29, 1.82) is 0 Å². The summed E-state index contributed by atoms with van der Waals surface area (Å²) in [4.78, 5) is 5.50. The van der Waals surface area contributed by atoms with Crippen molar-refractivity contribution in [2.45, 2.75) is 20.3 Å². The van der Waals surface area contributed by atoms with Crippen LogP contribution in [0.1, 0.15) is 17.4 Å². The number of rotatable bonds is 5. The molecule has 0 aliphatic rings. The minimum absolute atomic E-state index is 0.171. The molecule has 0 unspecified atom stereocenters. The smallest absolute Gasteiger partial charge is 0.123 e. The number of aliphatic hydroxyl groups excluding tert-OH is 1. The van der Waals surface area contributed by atoms with E-state index in [2.05, 4.69) is 11.1 Å². The van der Waals surface area contributed by atoms with Crippen LogP contribution in [0, 0.1) is 6.92 Å². The van der Waals surface area contributed by atoms with Crippen LogP contribution in [-0.2, 0) is 6.42 Å². The first-order chi connectivity index (χ1) is 8.74.